The summed E-state index contributed by atoms with van der Waals surface area (Å²) in [6, 6.07) is 11.3. The number of aromatic nitrogens is 3. The minimum absolute atomic E-state index is 0.0450. The predicted octanol–water partition coefficient (Wildman–Crippen LogP) is 2.96. The summed E-state index contributed by atoms with van der Waals surface area (Å²) >= 11 is 0. The molecule has 3 aromatic rings. The summed E-state index contributed by atoms with van der Waals surface area (Å²) in [5, 5.41) is 7.00. The van der Waals surface area contributed by atoms with Gasteiger partial charge in [-0.15, -0.1) is 5.10 Å². The number of amides is 2. The van der Waals surface area contributed by atoms with Crippen LogP contribution >= 0.6 is 0 Å². The van der Waals surface area contributed by atoms with Crippen LogP contribution in [0.2, 0.25) is 0 Å². The molecule has 1 aliphatic rings. The van der Waals surface area contributed by atoms with E-state index in [0.29, 0.717) is 10.4 Å². The standard InChI is InChI=1S/C23H21F4N5O3/c1-35-18-4-2-3-15(13-18)14-19(33)30-9-11-31(12-10-30)22(34)20-21(23(25,26)27)32(29-28-20)17-7-5-16(24)6-8-17/h2-8,13H,9-12,14H2,1H3. The molecule has 1 aromatic heterocycles. The largest absolute Gasteiger partial charge is 0.497 e. The first kappa shape index (κ1) is 24.2. The van der Waals surface area contributed by atoms with E-state index in [9.17, 15) is 27.2 Å². The number of benzene rings is 2. The van der Waals surface area contributed by atoms with Crippen LogP contribution in [0, 0.1) is 5.82 Å². The first-order valence-electron chi connectivity index (χ1n) is 10.7. The van der Waals surface area contributed by atoms with Crippen LogP contribution in [0.4, 0.5) is 17.6 Å². The molecule has 8 nitrogen and oxygen atoms in total. The Hall–Kier alpha value is -3.96. The van der Waals surface area contributed by atoms with Gasteiger partial charge in [-0.25, -0.2) is 9.07 Å². The van der Waals surface area contributed by atoms with Crippen LogP contribution < -0.4 is 4.74 Å². The third kappa shape index (κ3) is 5.26. The average molecular weight is 491 g/mol. The lowest BCUT2D eigenvalue weighted by molar-refractivity contribution is -0.143. The molecule has 1 aliphatic heterocycles. The molecule has 2 aromatic carbocycles. The minimum atomic E-state index is -4.93. The summed E-state index contributed by atoms with van der Waals surface area (Å²) in [6.07, 6.45) is -4.80. The van der Waals surface area contributed by atoms with Gasteiger partial charge in [0.15, 0.2) is 11.4 Å². The minimum Gasteiger partial charge on any atom is -0.497 e. The monoisotopic (exact) mass is 491 g/mol. The van der Waals surface area contributed by atoms with Crippen LogP contribution in [0.3, 0.4) is 0 Å². The van der Waals surface area contributed by atoms with E-state index in [0.717, 1.165) is 29.8 Å². The Morgan fingerprint density at radius 2 is 1.66 bits per heavy atom. The topological polar surface area (TPSA) is 80.6 Å². The summed E-state index contributed by atoms with van der Waals surface area (Å²) in [7, 11) is 1.53. The van der Waals surface area contributed by atoms with Crippen molar-refractivity contribution in [2.45, 2.75) is 12.6 Å². The van der Waals surface area contributed by atoms with Crippen LogP contribution in [-0.2, 0) is 17.4 Å². The SMILES string of the molecule is COc1cccc(CC(=O)N2CCN(C(=O)c3nnn(-c4ccc(F)cc4)c3C(F)(F)F)CC2)c1. The summed E-state index contributed by atoms with van der Waals surface area (Å²) in [4.78, 5) is 28.4. The summed E-state index contributed by atoms with van der Waals surface area (Å²) in [5.74, 6) is -1.11. The predicted molar refractivity (Wildman–Crippen MR) is 116 cm³/mol. The molecular formula is C23H21F4N5O3. The molecule has 0 bridgehead atoms. The first-order valence-corrected chi connectivity index (χ1v) is 10.7. The Morgan fingerprint density at radius 3 is 2.29 bits per heavy atom. The number of hydrogen-bond acceptors (Lipinski definition) is 5. The lowest BCUT2D eigenvalue weighted by atomic mass is 10.1. The maximum atomic E-state index is 13.9. The number of rotatable bonds is 5. The number of ether oxygens (including phenoxy) is 1. The van der Waals surface area contributed by atoms with Gasteiger partial charge in [0, 0.05) is 26.2 Å². The number of nitrogens with zero attached hydrogens (tertiary/aromatic N) is 5. The van der Waals surface area contributed by atoms with Crippen molar-refractivity contribution in [3.8, 4) is 11.4 Å². The second-order valence-corrected chi connectivity index (χ2v) is 7.87. The van der Waals surface area contributed by atoms with Gasteiger partial charge < -0.3 is 14.5 Å². The highest BCUT2D eigenvalue weighted by Gasteiger charge is 2.43. The molecule has 0 atom stereocenters. The fourth-order valence-corrected chi connectivity index (χ4v) is 3.82. The maximum Gasteiger partial charge on any atom is 0.435 e. The lowest BCUT2D eigenvalue weighted by Crippen LogP contribution is -2.51. The van der Waals surface area contributed by atoms with Crippen LogP contribution in [0.25, 0.3) is 5.69 Å². The van der Waals surface area contributed by atoms with Crippen LogP contribution in [0.5, 0.6) is 5.75 Å². The third-order valence-corrected chi connectivity index (χ3v) is 5.62. The second-order valence-electron chi connectivity index (χ2n) is 7.87. The van der Waals surface area contributed by atoms with Gasteiger partial charge in [0.2, 0.25) is 5.91 Å². The van der Waals surface area contributed by atoms with Gasteiger partial charge in [0.1, 0.15) is 11.6 Å². The zero-order chi connectivity index (χ0) is 25.2. The van der Waals surface area contributed by atoms with E-state index >= 15 is 0 Å². The number of methoxy groups -OCH3 is 1. The molecule has 184 valence electrons. The van der Waals surface area contributed by atoms with E-state index in [4.69, 9.17) is 4.74 Å². The molecule has 2 amide bonds. The first-order chi connectivity index (χ1) is 16.7. The Labute approximate surface area is 197 Å². The Balaban J connectivity index is 1.46. The molecule has 12 heteroatoms. The van der Waals surface area contributed by atoms with Gasteiger partial charge >= 0.3 is 6.18 Å². The second kappa shape index (κ2) is 9.72. The van der Waals surface area contributed by atoms with Crippen molar-refractivity contribution in [1.29, 1.82) is 0 Å². The van der Waals surface area contributed by atoms with E-state index in [1.165, 1.54) is 12.0 Å². The normalized spacial score (nSPS) is 14.2. The maximum absolute atomic E-state index is 13.9. The van der Waals surface area contributed by atoms with E-state index in [2.05, 4.69) is 10.3 Å². The van der Waals surface area contributed by atoms with E-state index < -0.39 is 29.3 Å². The molecule has 0 N–H and O–H groups in total. The Kier molecular flexibility index (Phi) is 6.72. The molecular weight excluding hydrogens is 470 g/mol. The highest BCUT2D eigenvalue weighted by molar-refractivity contribution is 5.94. The van der Waals surface area contributed by atoms with Crippen molar-refractivity contribution in [3.05, 3.63) is 71.3 Å². The number of piperazine rings is 1. The van der Waals surface area contributed by atoms with Gasteiger partial charge in [0.25, 0.3) is 5.91 Å². The lowest BCUT2D eigenvalue weighted by Gasteiger charge is -2.34. The molecule has 1 saturated heterocycles. The highest BCUT2D eigenvalue weighted by atomic mass is 19.4. The molecule has 0 radical (unpaired) electrons. The molecule has 35 heavy (non-hydrogen) atoms. The fraction of sp³-hybridized carbons (Fsp3) is 0.304. The van der Waals surface area contributed by atoms with Crippen molar-refractivity contribution in [2.75, 3.05) is 33.3 Å². The van der Waals surface area contributed by atoms with Crippen LogP contribution in [0.15, 0.2) is 48.5 Å². The summed E-state index contributed by atoms with van der Waals surface area (Å²) < 4.78 is 60.4. The fourth-order valence-electron chi connectivity index (χ4n) is 3.82. The molecule has 1 fully saturated rings. The molecule has 2 heterocycles. The van der Waals surface area contributed by atoms with Crippen LogP contribution in [-0.4, -0.2) is 69.9 Å². The van der Waals surface area contributed by atoms with E-state index in [-0.39, 0.29) is 44.2 Å². The summed E-state index contributed by atoms with van der Waals surface area (Å²) in [5.41, 5.74) is -1.51. The number of carbonyl (C=O) groups is 2. The van der Waals surface area contributed by atoms with Crippen molar-refractivity contribution < 1.29 is 31.9 Å². The smallest absolute Gasteiger partial charge is 0.435 e. The van der Waals surface area contributed by atoms with Gasteiger partial charge in [-0.1, -0.05) is 17.3 Å². The number of hydrogen-bond donors (Lipinski definition) is 0. The zero-order valence-electron chi connectivity index (χ0n) is 18.6. The quantitative estimate of drug-likeness (QED) is 0.513. The van der Waals surface area contributed by atoms with Crippen molar-refractivity contribution in [2.24, 2.45) is 0 Å². The number of carbonyl (C=O) groups excluding carboxylic acids is 2. The van der Waals surface area contributed by atoms with E-state index in [1.807, 2.05) is 0 Å². The van der Waals surface area contributed by atoms with Crippen molar-refractivity contribution in [3.63, 3.8) is 0 Å². The van der Waals surface area contributed by atoms with Gasteiger partial charge in [-0.3, -0.25) is 9.59 Å². The van der Waals surface area contributed by atoms with Crippen LogP contribution in [0.1, 0.15) is 21.7 Å². The molecule has 0 saturated carbocycles. The highest BCUT2D eigenvalue weighted by Crippen LogP contribution is 2.33. The molecule has 0 aliphatic carbocycles. The van der Waals surface area contributed by atoms with E-state index in [1.54, 1.807) is 29.2 Å². The van der Waals surface area contributed by atoms with Gasteiger partial charge in [-0.05, 0) is 42.0 Å². The molecule has 0 unspecified atom stereocenters. The van der Waals surface area contributed by atoms with Crippen molar-refractivity contribution in [1.82, 2.24) is 24.8 Å². The van der Waals surface area contributed by atoms with Gasteiger partial charge in [0.05, 0.1) is 19.2 Å². The zero-order valence-corrected chi connectivity index (χ0v) is 18.6. The Morgan fingerprint density at radius 1 is 1.00 bits per heavy atom. The van der Waals surface area contributed by atoms with Gasteiger partial charge in [-0.2, -0.15) is 13.2 Å². The third-order valence-electron chi connectivity index (χ3n) is 5.62. The molecule has 4 rings (SSSR count). The number of halogens is 4. The Bertz CT molecular complexity index is 1220. The summed E-state index contributed by atoms with van der Waals surface area (Å²) in [6.45, 7) is 0.427. The molecule has 0 spiro atoms. The average Bonchev–Trinajstić information content (AvgIpc) is 3.30. The van der Waals surface area contributed by atoms with Crippen molar-refractivity contribution >= 4 is 11.8 Å². The number of alkyl halides is 3.